The molecular weight excluding hydrogens is 272 g/mol. The second-order valence-electron chi connectivity index (χ2n) is 5.36. The normalized spacial score (nSPS) is 14.7. The van der Waals surface area contributed by atoms with E-state index in [9.17, 15) is 13.5 Å². The van der Waals surface area contributed by atoms with Crippen molar-refractivity contribution < 1.29 is 13.5 Å². The lowest BCUT2D eigenvalue weighted by molar-refractivity contribution is 0.202. The van der Waals surface area contributed by atoms with Crippen molar-refractivity contribution in [1.82, 2.24) is 0 Å². The van der Waals surface area contributed by atoms with Crippen LogP contribution in [0, 0.1) is 0 Å². The van der Waals surface area contributed by atoms with Crippen molar-refractivity contribution in [3.63, 3.8) is 0 Å². The average molecular weight is 288 g/mol. The van der Waals surface area contributed by atoms with E-state index in [-0.39, 0.29) is 5.75 Å². The van der Waals surface area contributed by atoms with Crippen LogP contribution >= 0.6 is 0 Å². The first-order chi connectivity index (χ1) is 9.44. The van der Waals surface area contributed by atoms with Crippen molar-refractivity contribution in [2.45, 2.75) is 12.5 Å². The Morgan fingerprint density at radius 1 is 1.10 bits per heavy atom. The summed E-state index contributed by atoms with van der Waals surface area (Å²) in [6.07, 6.45) is 1.02. The van der Waals surface area contributed by atoms with E-state index in [1.54, 1.807) is 0 Å². The van der Waals surface area contributed by atoms with E-state index in [1.807, 2.05) is 30.3 Å². The highest BCUT2D eigenvalue weighted by Crippen LogP contribution is 2.37. The van der Waals surface area contributed by atoms with Gasteiger partial charge in [-0.3, -0.25) is 0 Å². The predicted octanol–water partition coefficient (Wildman–Crippen LogP) is 2.34. The van der Waals surface area contributed by atoms with Crippen LogP contribution < -0.4 is 0 Å². The van der Waals surface area contributed by atoms with E-state index >= 15 is 0 Å². The molecule has 0 saturated heterocycles. The van der Waals surface area contributed by atoms with Crippen molar-refractivity contribution in [2.24, 2.45) is 0 Å². The lowest BCUT2D eigenvalue weighted by Gasteiger charge is -2.11. The smallest absolute Gasteiger partial charge is 0.150 e. The molecule has 1 aliphatic carbocycles. The van der Waals surface area contributed by atoms with Crippen LogP contribution in [0.15, 0.2) is 42.5 Å². The Balaban J connectivity index is 1.95. The largest absolute Gasteiger partial charge is 0.387 e. The zero-order chi connectivity index (χ0) is 14.3. The molecule has 0 heterocycles. The Hall–Kier alpha value is -1.65. The summed E-state index contributed by atoms with van der Waals surface area (Å²) in [5, 5.41) is 10.0. The molecule has 1 atom stereocenters. The first-order valence-electron chi connectivity index (χ1n) is 6.51. The van der Waals surface area contributed by atoms with Crippen molar-refractivity contribution >= 4 is 9.84 Å². The highest BCUT2D eigenvalue weighted by Gasteiger charge is 2.20. The van der Waals surface area contributed by atoms with Crippen LogP contribution in [0.2, 0.25) is 0 Å². The Morgan fingerprint density at radius 3 is 2.55 bits per heavy atom. The van der Waals surface area contributed by atoms with Gasteiger partial charge in [-0.2, -0.15) is 0 Å². The molecule has 0 fully saturated rings. The predicted molar refractivity (Wildman–Crippen MR) is 79.4 cm³/mol. The molecule has 104 valence electrons. The van der Waals surface area contributed by atoms with E-state index in [4.69, 9.17) is 0 Å². The first-order valence-corrected chi connectivity index (χ1v) is 8.57. The molecule has 3 rings (SSSR count). The molecule has 4 heteroatoms. The second kappa shape index (κ2) is 4.72. The molecule has 1 aliphatic rings. The number of sulfone groups is 1. The van der Waals surface area contributed by atoms with Gasteiger partial charge in [0.1, 0.15) is 9.84 Å². The number of hydrogen-bond acceptors (Lipinski definition) is 3. The summed E-state index contributed by atoms with van der Waals surface area (Å²) >= 11 is 0. The van der Waals surface area contributed by atoms with Crippen molar-refractivity contribution in [2.75, 3.05) is 12.0 Å². The third kappa shape index (κ3) is 2.49. The number of benzene rings is 2. The number of hydrogen-bond donors (Lipinski definition) is 1. The third-order valence-electron chi connectivity index (χ3n) is 3.66. The second-order valence-corrected chi connectivity index (χ2v) is 7.54. The van der Waals surface area contributed by atoms with Gasteiger partial charge in [-0.25, -0.2) is 8.42 Å². The van der Waals surface area contributed by atoms with Crippen molar-refractivity contribution in [1.29, 1.82) is 0 Å². The first kappa shape index (κ1) is 13.3. The Kier molecular flexibility index (Phi) is 3.15. The zero-order valence-electron chi connectivity index (χ0n) is 11.2. The highest BCUT2D eigenvalue weighted by molar-refractivity contribution is 7.90. The number of aliphatic hydroxyl groups is 1. The highest BCUT2D eigenvalue weighted by atomic mass is 32.2. The third-order valence-corrected chi connectivity index (χ3v) is 4.58. The van der Waals surface area contributed by atoms with Gasteiger partial charge in [0.15, 0.2) is 0 Å². The SMILES string of the molecule is CS(=O)(=O)CC(O)c1ccc2c(c1)Cc1ccccc1-2. The topological polar surface area (TPSA) is 54.4 Å². The van der Waals surface area contributed by atoms with Crippen LogP contribution in [-0.2, 0) is 16.3 Å². The fourth-order valence-corrected chi connectivity index (χ4v) is 3.52. The molecule has 3 nitrogen and oxygen atoms in total. The molecule has 0 saturated carbocycles. The van der Waals surface area contributed by atoms with Crippen molar-refractivity contribution in [3.8, 4) is 11.1 Å². The summed E-state index contributed by atoms with van der Waals surface area (Å²) < 4.78 is 22.5. The van der Waals surface area contributed by atoms with Gasteiger partial charge in [0.2, 0.25) is 0 Å². The number of aliphatic hydroxyl groups excluding tert-OH is 1. The van der Waals surface area contributed by atoms with Gasteiger partial charge in [-0.1, -0.05) is 42.5 Å². The number of fused-ring (bicyclic) bond motifs is 3. The monoisotopic (exact) mass is 288 g/mol. The molecule has 1 unspecified atom stereocenters. The summed E-state index contributed by atoms with van der Waals surface area (Å²) in [7, 11) is -3.19. The fourth-order valence-electron chi connectivity index (χ4n) is 2.76. The number of rotatable bonds is 3. The standard InChI is InChI=1S/C16H16O3S/c1-20(18,19)10-16(17)12-6-7-15-13(9-12)8-11-4-2-3-5-14(11)15/h2-7,9,16-17H,8,10H2,1H3. The van der Waals surface area contributed by atoms with E-state index < -0.39 is 15.9 Å². The van der Waals surface area contributed by atoms with Gasteiger partial charge in [-0.05, 0) is 34.2 Å². The molecule has 0 amide bonds. The van der Waals surface area contributed by atoms with Gasteiger partial charge in [-0.15, -0.1) is 0 Å². The molecule has 0 aromatic heterocycles. The van der Waals surface area contributed by atoms with Crippen molar-refractivity contribution in [3.05, 3.63) is 59.2 Å². The molecule has 2 aromatic carbocycles. The molecule has 1 N–H and O–H groups in total. The van der Waals surface area contributed by atoms with Crippen LogP contribution in [0.3, 0.4) is 0 Å². The maximum Gasteiger partial charge on any atom is 0.150 e. The maximum atomic E-state index is 11.3. The molecular formula is C16H16O3S. The van der Waals surface area contributed by atoms with Crippen LogP contribution in [-0.4, -0.2) is 25.5 Å². The van der Waals surface area contributed by atoms with Gasteiger partial charge in [0.25, 0.3) is 0 Å². The van der Waals surface area contributed by atoms with E-state index in [1.165, 1.54) is 16.7 Å². The Morgan fingerprint density at radius 2 is 1.80 bits per heavy atom. The van der Waals surface area contributed by atoms with E-state index in [0.717, 1.165) is 18.2 Å². The summed E-state index contributed by atoms with van der Waals surface area (Å²) in [4.78, 5) is 0. The van der Waals surface area contributed by atoms with E-state index in [2.05, 4.69) is 12.1 Å². The van der Waals surface area contributed by atoms with Gasteiger partial charge >= 0.3 is 0 Å². The molecule has 2 aromatic rings. The lowest BCUT2D eigenvalue weighted by Crippen LogP contribution is -2.12. The summed E-state index contributed by atoms with van der Waals surface area (Å²) in [5.74, 6) is -0.237. The fraction of sp³-hybridized carbons (Fsp3) is 0.250. The molecule has 0 radical (unpaired) electrons. The maximum absolute atomic E-state index is 11.3. The Bertz CT molecular complexity index is 763. The minimum atomic E-state index is -3.19. The van der Waals surface area contributed by atoms with Crippen LogP contribution in [0.4, 0.5) is 0 Å². The summed E-state index contributed by atoms with van der Waals surface area (Å²) in [6, 6.07) is 13.9. The quantitative estimate of drug-likeness (QED) is 0.805. The van der Waals surface area contributed by atoms with E-state index in [0.29, 0.717) is 5.56 Å². The zero-order valence-corrected chi connectivity index (χ0v) is 12.0. The molecule has 0 spiro atoms. The summed E-state index contributed by atoms with van der Waals surface area (Å²) in [5.41, 5.74) is 5.50. The Labute approximate surface area is 118 Å². The molecule has 20 heavy (non-hydrogen) atoms. The summed E-state index contributed by atoms with van der Waals surface area (Å²) in [6.45, 7) is 0. The molecule has 0 aliphatic heterocycles. The van der Waals surface area contributed by atoms with Gasteiger partial charge in [0.05, 0.1) is 11.9 Å². The van der Waals surface area contributed by atoms with Gasteiger partial charge < -0.3 is 5.11 Å². The van der Waals surface area contributed by atoms with Gasteiger partial charge in [0, 0.05) is 6.26 Å². The minimum absolute atomic E-state index is 0.237. The molecule has 0 bridgehead atoms. The van der Waals surface area contributed by atoms with Crippen LogP contribution in [0.5, 0.6) is 0 Å². The average Bonchev–Trinajstić information content (AvgIpc) is 2.74. The van der Waals surface area contributed by atoms with Crippen LogP contribution in [0.25, 0.3) is 11.1 Å². The lowest BCUT2D eigenvalue weighted by atomic mass is 10.0. The van der Waals surface area contributed by atoms with Crippen LogP contribution in [0.1, 0.15) is 22.8 Å². The minimum Gasteiger partial charge on any atom is -0.387 e.